The fourth-order valence-electron chi connectivity index (χ4n) is 3.15. The van der Waals surface area contributed by atoms with Crippen molar-refractivity contribution < 1.29 is 4.74 Å². The number of hydrogen-bond acceptors (Lipinski definition) is 1. The molecule has 0 aromatic heterocycles. The minimum atomic E-state index is -0.0666. The van der Waals surface area contributed by atoms with Gasteiger partial charge in [-0.15, -0.1) is 0 Å². The molecule has 0 radical (unpaired) electrons. The molecule has 0 aromatic carbocycles. The Morgan fingerprint density at radius 2 is 1.33 bits per heavy atom. The van der Waals surface area contributed by atoms with Gasteiger partial charge in [-0.1, -0.05) is 41.5 Å². The van der Waals surface area contributed by atoms with Crippen LogP contribution in [0.15, 0.2) is 0 Å². The molecule has 90 valence electrons. The van der Waals surface area contributed by atoms with E-state index in [9.17, 15) is 0 Å². The molecule has 15 heavy (non-hydrogen) atoms. The second-order valence-electron chi connectivity index (χ2n) is 7.43. The van der Waals surface area contributed by atoms with Gasteiger partial charge in [-0.25, -0.2) is 0 Å². The lowest BCUT2D eigenvalue weighted by Crippen LogP contribution is -2.50. The minimum absolute atomic E-state index is 0.0223. The summed E-state index contributed by atoms with van der Waals surface area (Å²) in [6.45, 7) is 20.6. The molecule has 1 heterocycles. The summed E-state index contributed by atoms with van der Waals surface area (Å²) in [5.74, 6) is 0.564. The van der Waals surface area contributed by atoms with Gasteiger partial charge in [0.2, 0.25) is 0 Å². The molecule has 0 spiro atoms. The quantitative estimate of drug-likeness (QED) is 0.583. The minimum Gasteiger partial charge on any atom is -0.368 e. The van der Waals surface area contributed by atoms with Gasteiger partial charge < -0.3 is 4.74 Å². The molecule has 1 heteroatoms. The highest BCUT2D eigenvalue weighted by Crippen LogP contribution is 2.60. The summed E-state index contributed by atoms with van der Waals surface area (Å²) in [4.78, 5) is 0. The predicted octanol–water partition coefficient (Wildman–Crippen LogP) is 4.26. The second kappa shape index (κ2) is 3.00. The molecule has 0 N–H and O–H groups in total. The lowest BCUT2D eigenvalue weighted by molar-refractivity contribution is -0.158. The first-order valence-corrected chi connectivity index (χ1v) is 6.06. The number of hydrogen-bond donors (Lipinski definition) is 0. The Labute approximate surface area is 95.6 Å². The van der Waals surface area contributed by atoms with Crippen LogP contribution >= 0.6 is 0 Å². The van der Waals surface area contributed by atoms with Crippen LogP contribution in [0.4, 0.5) is 0 Å². The summed E-state index contributed by atoms with van der Waals surface area (Å²) in [6, 6.07) is 0. The third-order valence-electron chi connectivity index (χ3n) is 5.25. The van der Waals surface area contributed by atoms with Crippen molar-refractivity contribution in [2.24, 2.45) is 16.7 Å². The van der Waals surface area contributed by atoms with E-state index in [2.05, 4.69) is 62.3 Å². The Balaban J connectivity index is 3.25. The molecule has 1 fully saturated rings. The van der Waals surface area contributed by atoms with Crippen molar-refractivity contribution in [3.8, 4) is 0 Å². The van der Waals surface area contributed by atoms with Gasteiger partial charge in [-0.05, 0) is 37.5 Å². The Hall–Kier alpha value is -0.0400. The van der Waals surface area contributed by atoms with Crippen molar-refractivity contribution in [2.75, 3.05) is 0 Å². The zero-order chi connectivity index (χ0) is 12.3. The number of ether oxygens (including phenoxy) is 1. The van der Waals surface area contributed by atoms with Gasteiger partial charge >= 0.3 is 0 Å². The molecule has 0 amide bonds. The summed E-state index contributed by atoms with van der Waals surface area (Å²) >= 11 is 0. The van der Waals surface area contributed by atoms with Crippen LogP contribution in [0, 0.1) is 16.7 Å². The Morgan fingerprint density at radius 3 is 1.47 bits per heavy atom. The smallest absolute Gasteiger partial charge is 0.0764 e. The van der Waals surface area contributed by atoms with Crippen LogP contribution in [0.2, 0.25) is 0 Å². The van der Waals surface area contributed by atoms with Crippen molar-refractivity contribution >= 4 is 0 Å². The van der Waals surface area contributed by atoms with Gasteiger partial charge in [0.15, 0.2) is 0 Å². The topological polar surface area (TPSA) is 9.23 Å². The molecule has 1 aliphatic rings. The number of rotatable bonds is 0. The van der Waals surface area contributed by atoms with Crippen LogP contribution in [-0.2, 0) is 4.74 Å². The van der Waals surface area contributed by atoms with Gasteiger partial charge in [0.1, 0.15) is 0 Å². The first-order chi connectivity index (χ1) is 6.36. The van der Waals surface area contributed by atoms with E-state index in [0.29, 0.717) is 5.92 Å². The van der Waals surface area contributed by atoms with Crippen LogP contribution in [0.1, 0.15) is 62.3 Å². The largest absolute Gasteiger partial charge is 0.368 e. The first kappa shape index (κ1) is 13.0. The monoisotopic (exact) mass is 212 g/mol. The molecular formula is C14H28O. The van der Waals surface area contributed by atoms with E-state index >= 15 is 0 Å². The van der Waals surface area contributed by atoms with Crippen molar-refractivity contribution in [3.63, 3.8) is 0 Å². The maximum Gasteiger partial charge on any atom is 0.0764 e. The maximum absolute atomic E-state index is 6.43. The van der Waals surface area contributed by atoms with E-state index in [-0.39, 0.29) is 22.0 Å². The second-order valence-corrected chi connectivity index (χ2v) is 7.43. The molecular weight excluding hydrogens is 184 g/mol. The van der Waals surface area contributed by atoms with Gasteiger partial charge in [0.25, 0.3) is 0 Å². The summed E-state index contributed by atoms with van der Waals surface area (Å²) in [5, 5.41) is 0. The summed E-state index contributed by atoms with van der Waals surface area (Å²) in [7, 11) is 0. The molecule has 0 bridgehead atoms. The SMILES string of the molecule is CC1C(C)(C)OC(C)(C(C)(C)C)C1(C)C. The standard InChI is InChI=1S/C14H28O/c1-10-12(5,6)14(9,11(2,3)4)15-13(10,7)8/h10H,1-9H3. The Morgan fingerprint density at radius 1 is 0.933 bits per heavy atom. The molecule has 1 nitrogen and oxygen atoms in total. The molecule has 2 unspecified atom stereocenters. The zero-order valence-corrected chi connectivity index (χ0v) is 12.0. The molecule has 0 aromatic rings. The van der Waals surface area contributed by atoms with E-state index in [1.54, 1.807) is 0 Å². The van der Waals surface area contributed by atoms with Crippen LogP contribution in [0.25, 0.3) is 0 Å². The average Bonchev–Trinajstić information content (AvgIpc) is 2.09. The van der Waals surface area contributed by atoms with E-state index < -0.39 is 0 Å². The molecule has 0 saturated carbocycles. The average molecular weight is 212 g/mol. The highest BCUT2D eigenvalue weighted by atomic mass is 16.5. The fourth-order valence-corrected chi connectivity index (χ4v) is 3.15. The maximum atomic E-state index is 6.43. The van der Waals surface area contributed by atoms with Crippen molar-refractivity contribution in [1.82, 2.24) is 0 Å². The summed E-state index contributed by atoms with van der Waals surface area (Å²) < 4.78 is 6.43. The van der Waals surface area contributed by atoms with E-state index in [4.69, 9.17) is 4.74 Å². The lowest BCUT2D eigenvalue weighted by atomic mass is 9.59. The Kier molecular flexibility index (Phi) is 2.60. The molecule has 0 aliphatic carbocycles. The van der Waals surface area contributed by atoms with Crippen LogP contribution in [0.5, 0.6) is 0 Å². The molecule has 1 aliphatic heterocycles. The summed E-state index contributed by atoms with van der Waals surface area (Å²) in [6.07, 6.45) is 0. The zero-order valence-electron chi connectivity index (χ0n) is 12.0. The van der Waals surface area contributed by atoms with Gasteiger partial charge in [-0.2, -0.15) is 0 Å². The van der Waals surface area contributed by atoms with E-state index in [1.807, 2.05) is 0 Å². The van der Waals surface area contributed by atoms with Crippen molar-refractivity contribution in [3.05, 3.63) is 0 Å². The lowest BCUT2D eigenvalue weighted by Gasteiger charge is -2.48. The third kappa shape index (κ3) is 1.54. The van der Waals surface area contributed by atoms with Crippen LogP contribution < -0.4 is 0 Å². The first-order valence-electron chi connectivity index (χ1n) is 6.06. The Bertz CT molecular complexity index is 254. The normalized spacial score (nSPS) is 39.4. The molecule has 1 saturated heterocycles. The summed E-state index contributed by atoms with van der Waals surface area (Å²) in [5.41, 5.74) is 0.279. The van der Waals surface area contributed by atoms with Gasteiger partial charge in [0, 0.05) is 0 Å². The van der Waals surface area contributed by atoms with E-state index in [1.165, 1.54) is 0 Å². The van der Waals surface area contributed by atoms with E-state index in [0.717, 1.165) is 0 Å². The van der Waals surface area contributed by atoms with Crippen molar-refractivity contribution in [1.29, 1.82) is 0 Å². The van der Waals surface area contributed by atoms with Crippen LogP contribution in [0.3, 0.4) is 0 Å². The molecule has 1 rings (SSSR count). The third-order valence-corrected chi connectivity index (χ3v) is 5.25. The highest BCUT2D eigenvalue weighted by molar-refractivity contribution is 5.11. The molecule has 2 atom stereocenters. The fraction of sp³-hybridized carbons (Fsp3) is 1.00. The van der Waals surface area contributed by atoms with Gasteiger partial charge in [-0.3, -0.25) is 0 Å². The van der Waals surface area contributed by atoms with Gasteiger partial charge in [0.05, 0.1) is 11.2 Å². The highest BCUT2D eigenvalue weighted by Gasteiger charge is 2.63. The predicted molar refractivity (Wildman–Crippen MR) is 66.0 cm³/mol. The van der Waals surface area contributed by atoms with Crippen molar-refractivity contribution in [2.45, 2.75) is 73.5 Å². The van der Waals surface area contributed by atoms with Crippen LogP contribution in [-0.4, -0.2) is 11.2 Å².